The molecule has 0 radical (unpaired) electrons. The summed E-state index contributed by atoms with van der Waals surface area (Å²) in [5, 5.41) is 3.14. The Morgan fingerprint density at radius 2 is 2.16 bits per heavy atom. The van der Waals surface area contributed by atoms with Crippen LogP contribution in [0, 0.1) is 5.41 Å². The Bertz CT molecular complexity index is 440. The first-order chi connectivity index (χ1) is 8.99. The van der Waals surface area contributed by atoms with Gasteiger partial charge in [-0.1, -0.05) is 32.4 Å². The topological polar surface area (TPSA) is 28.4 Å². The van der Waals surface area contributed by atoms with E-state index < -0.39 is 0 Å². The SMILES string of the molecule is CNCc1coc(CN2CC=C(C(C)(C)C)CC2)c1. The second-order valence-corrected chi connectivity index (χ2v) is 6.42. The molecule has 0 spiro atoms. The van der Waals surface area contributed by atoms with Gasteiger partial charge >= 0.3 is 0 Å². The molecular weight excluding hydrogens is 236 g/mol. The summed E-state index contributed by atoms with van der Waals surface area (Å²) in [6, 6.07) is 2.15. The van der Waals surface area contributed by atoms with E-state index in [9.17, 15) is 0 Å². The average Bonchev–Trinajstić information content (AvgIpc) is 2.77. The van der Waals surface area contributed by atoms with Gasteiger partial charge in [-0.25, -0.2) is 0 Å². The molecule has 0 bridgehead atoms. The lowest BCUT2D eigenvalue weighted by Gasteiger charge is -2.31. The van der Waals surface area contributed by atoms with Crippen LogP contribution in [0.1, 0.15) is 38.5 Å². The minimum Gasteiger partial charge on any atom is -0.468 e. The summed E-state index contributed by atoms with van der Waals surface area (Å²) in [7, 11) is 1.95. The molecule has 0 fully saturated rings. The molecular formula is C16H26N2O. The van der Waals surface area contributed by atoms with Crippen molar-refractivity contribution in [2.75, 3.05) is 20.1 Å². The van der Waals surface area contributed by atoms with Gasteiger partial charge in [0.2, 0.25) is 0 Å². The minimum absolute atomic E-state index is 0.316. The molecule has 1 aliphatic rings. The highest BCUT2D eigenvalue weighted by molar-refractivity contribution is 5.16. The maximum atomic E-state index is 5.61. The van der Waals surface area contributed by atoms with E-state index in [2.05, 4.69) is 43.1 Å². The first-order valence-electron chi connectivity index (χ1n) is 7.12. The minimum atomic E-state index is 0.316. The molecule has 2 heterocycles. The van der Waals surface area contributed by atoms with Gasteiger partial charge in [-0.2, -0.15) is 0 Å². The van der Waals surface area contributed by atoms with Gasteiger partial charge in [0.1, 0.15) is 5.76 Å². The maximum absolute atomic E-state index is 5.61. The van der Waals surface area contributed by atoms with E-state index in [1.165, 1.54) is 12.0 Å². The van der Waals surface area contributed by atoms with Gasteiger partial charge < -0.3 is 9.73 Å². The Kier molecular flexibility index (Phi) is 4.48. The van der Waals surface area contributed by atoms with Crippen LogP contribution in [0.3, 0.4) is 0 Å². The van der Waals surface area contributed by atoms with E-state index in [1.807, 2.05) is 13.3 Å². The fourth-order valence-corrected chi connectivity index (χ4v) is 2.56. The van der Waals surface area contributed by atoms with Crippen molar-refractivity contribution in [2.24, 2.45) is 5.41 Å². The van der Waals surface area contributed by atoms with Crippen molar-refractivity contribution < 1.29 is 4.42 Å². The van der Waals surface area contributed by atoms with Gasteiger partial charge in [0.05, 0.1) is 12.8 Å². The van der Waals surface area contributed by atoms with Crippen molar-refractivity contribution in [3.63, 3.8) is 0 Å². The first-order valence-corrected chi connectivity index (χ1v) is 7.12. The second kappa shape index (κ2) is 5.93. The molecule has 3 heteroatoms. The standard InChI is InChI=1S/C16H26N2O/c1-16(2,3)14-5-7-18(8-6-14)11-15-9-13(10-17-4)12-19-15/h5,9,12,17H,6-8,10-11H2,1-4H3. The second-order valence-electron chi connectivity index (χ2n) is 6.42. The highest BCUT2D eigenvalue weighted by Gasteiger charge is 2.21. The van der Waals surface area contributed by atoms with E-state index in [0.717, 1.165) is 31.9 Å². The zero-order valence-electron chi connectivity index (χ0n) is 12.6. The first kappa shape index (κ1) is 14.4. The van der Waals surface area contributed by atoms with Crippen LogP contribution < -0.4 is 5.32 Å². The van der Waals surface area contributed by atoms with Crippen molar-refractivity contribution in [1.82, 2.24) is 10.2 Å². The quantitative estimate of drug-likeness (QED) is 0.845. The van der Waals surface area contributed by atoms with Crippen LogP contribution in [0.2, 0.25) is 0 Å². The van der Waals surface area contributed by atoms with Crippen molar-refractivity contribution >= 4 is 0 Å². The summed E-state index contributed by atoms with van der Waals surface area (Å²) >= 11 is 0. The normalized spacial score (nSPS) is 17.6. The molecule has 3 nitrogen and oxygen atoms in total. The zero-order chi connectivity index (χ0) is 13.9. The molecule has 1 N–H and O–H groups in total. The Labute approximate surface area is 116 Å². The molecule has 2 rings (SSSR count). The van der Waals surface area contributed by atoms with Crippen LogP contribution in [0.5, 0.6) is 0 Å². The van der Waals surface area contributed by atoms with Crippen LogP contribution in [-0.2, 0) is 13.1 Å². The molecule has 0 unspecified atom stereocenters. The monoisotopic (exact) mass is 262 g/mol. The summed E-state index contributed by atoms with van der Waals surface area (Å²) in [5.74, 6) is 1.07. The van der Waals surface area contributed by atoms with Gasteiger partial charge in [0.25, 0.3) is 0 Å². The number of furan rings is 1. The van der Waals surface area contributed by atoms with Gasteiger partial charge in [-0.3, -0.25) is 4.90 Å². The molecule has 1 aromatic rings. The summed E-state index contributed by atoms with van der Waals surface area (Å²) in [4.78, 5) is 2.44. The predicted molar refractivity (Wildman–Crippen MR) is 78.9 cm³/mol. The predicted octanol–water partition coefficient (Wildman–Crippen LogP) is 3.18. The molecule has 106 valence electrons. The van der Waals surface area contributed by atoms with Crippen molar-refractivity contribution in [3.05, 3.63) is 35.3 Å². The Balaban J connectivity index is 1.90. The molecule has 19 heavy (non-hydrogen) atoms. The van der Waals surface area contributed by atoms with Gasteiger partial charge in [-0.05, 0) is 24.9 Å². The van der Waals surface area contributed by atoms with Crippen molar-refractivity contribution in [3.8, 4) is 0 Å². The van der Waals surface area contributed by atoms with Crippen LogP contribution in [0.15, 0.2) is 28.4 Å². The summed E-state index contributed by atoms with van der Waals surface area (Å²) in [6.45, 7) is 10.8. The Morgan fingerprint density at radius 1 is 1.37 bits per heavy atom. The van der Waals surface area contributed by atoms with Crippen molar-refractivity contribution in [1.29, 1.82) is 0 Å². The highest BCUT2D eigenvalue weighted by Crippen LogP contribution is 2.30. The number of rotatable bonds is 4. The lowest BCUT2D eigenvalue weighted by molar-refractivity contribution is 0.250. The van der Waals surface area contributed by atoms with Crippen LogP contribution in [-0.4, -0.2) is 25.0 Å². The van der Waals surface area contributed by atoms with Gasteiger partial charge in [0.15, 0.2) is 0 Å². The fourth-order valence-electron chi connectivity index (χ4n) is 2.56. The smallest absolute Gasteiger partial charge is 0.118 e. The molecule has 1 aromatic heterocycles. The van der Waals surface area contributed by atoms with E-state index in [-0.39, 0.29) is 0 Å². The largest absolute Gasteiger partial charge is 0.468 e. The van der Waals surface area contributed by atoms with Crippen LogP contribution >= 0.6 is 0 Å². The fraction of sp³-hybridized carbons (Fsp3) is 0.625. The third kappa shape index (κ3) is 3.95. The highest BCUT2D eigenvalue weighted by atomic mass is 16.3. The van der Waals surface area contributed by atoms with Crippen molar-refractivity contribution in [2.45, 2.75) is 40.3 Å². The molecule has 0 aliphatic carbocycles. The summed E-state index contributed by atoms with van der Waals surface area (Å²) < 4.78 is 5.61. The van der Waals surface area contributed by atoms with Crippen LogP contribution in [0.25, 0.3) is 0 Å². The molecule has 1 aliphatic heterocycles. The summed E-state index contributed by atoms with van der Waals surface area (Å²) in [6.07, 6.45) is 5.42. The van der Waals surface area contributed by atoms with E-state index in [4.69, 9.17) is 4.42 Å². The number of hydrogen-bond donors (Lipinski definition) is 1. The molecule has 0 aromatic carbocycles. The molecule has 0 saturated heterocycles. The van der Waals surface area contributed by atoms with Gasteiger partial charge in [-0.15, -0.1) is 0 Å². The number of nitrogens with one attached hydrogen (secondary N) is 1. The molecule has 0 atom stereocenters. The lowest BCUT2D eigenvalue weighted by atomic mass is 9.83. The summed E-state index contributed by atoms with van der Waals surface area (Å²) in [5.41, 5.74) is 3.12. The van der Waals surface area contributed by atoms with E-state index >= 15 is 0 Å². The number of nitrogens with zero attached hydrogens (tertiary/aromatic N) is 1. The molecule has 0 saturated carbocycles. The Hall–Kier alpha value is -1.06. The maximum Gasteiger partial charge on any atom is 0.118 e. The molecule has 0 amide bonds. The van der Waals surface area contributed by atoms with E-state index in [1.54, 1.807) is 5.57 Å². The third-order valence-corrected chi connectivity index (χ3v) is 3.72. The third-order valence-electron chi connectivity index (χ3n) is 3.72. The Morgan fingerprint density at radius 3 is 2.74 bits per heavy atom. The number of hydrogen-bond acceptors (Lipinski definition) is 3. The zero-order valence-corrected chi connectivity index (χ0v) is 12.6. The lowest BCUT2D eigenvalue weighted by Crippen LogP contribution is -2.30. The van der Waals surface area contributed by atoms with Crippen LogP contribution in [0.4, 0.5) is 0 Å². The average molecular weight is 262 g/mol. The van der Waals surface area contributed by atoms with Gasteiger partial charge in [0, 0.05) is 25.2 Å². The van der Waals surface area contributed by atoms with E-state index in [0.29, 0.717) is 5.41 Å².